The Bertz CT molecular complexity index is 4450. The zero-order chi connectivity index (χ0) is 59.8. The Kier molecular flexibility index (Phi) is 12.1. The second-order valence-corrected chi connectivity index (χ2v) is 31.4. The standard InChI is InChI=1S/C79H80BN3OS/c1-74(2,3)47-22-31-52(32-23-47)81(53-33-24-48(25-34-53)75(4,5)6)56-39-40-64-58(43-56)59-44-60-61-45-62-57-20-18-19-21-67(57)84-72(62)71-69(61)80(83(66(60)46-65(59)79(64,16)17)55-37-28-50(29-38-55)77(10,11)12)73-70(63-42-51(78(13,14)15)30-41-68(63)85-73)82(71)54-35-26-49(27-36-54)76(7,8)9/h18-46H,1-17H3. The molecule has 0 bridgehead atoms. The Hall–Kier alpha value is -7.80. The molecule has 6 heteroatoms. The van der Waals surface area contributed by atoms with E-state index in [9.17, 15) is 0 Å². The highest BCUT2D eigenvalue weighted by atomic mass is 32.1. The van der Waals surface area contributed by atoms with E-state index in [1.54, 1.807) is 0 Å². The average molecular weight is 1130 g/mol. The summed E-state index contributed by atoms with van der Waals surface area (Å²) in [7, 11) is 0. The van der Waals surface area contributed by atoms with Crippen molar-refractivity contribution in [3.8, 4) is 22.3 Å². The molecule has 4 nitrogen and oxygen atoms in total. The van der Waals surface area contributed by atoms with Crippen molar-refractivity contribution in [1.29, 1.82) is 0 Å². The Balaban J connectivity index is 1.07. The maximum Gasteiger partial charge on any atom is 0.343 e. The summed E-state index contributed by atoms with van der Waals surface area (Å²) in [6.45, 7) is 39.3. The van der Waals surface area contributed by atoms with Gasteiger partial charge in [-0.25, -0.2) is 0 Å². The summed E-state index contributed by atoms with van der Waals surface area (Å²) < 4.78 is 9.97. The molecule has 2 aromatic heterocycles. The lowest BCUT2D eigenvalue weighted by Gasteiger charge is -2.45. The second-order valence-electron chi connectivity index (χ2n) is 30.3. The van der Waals surface area contributed by atoms with Crippen molar-refractivity contribution in [2.45, 2.75) is 150 Å². The van der Waals surface area contributed by atoms with Crippen LogP contribution in [-0.2, 0) is 32.5 Å². The lowest BCUT2D eigenvalue weighted by Crippen LogP contribution is -2.60. The first-order valence-electron chi connectivity index (χ1n) is 30.8. The van der Waals surface area contributed by atoms with Gasteiger partial charge in [0.05, 0.1) is 11.4 Å². The van der Waals surface area contributed by atoms with Crippen LogP contribution < -0.4 is 24.9 Å². The van der Waals surface area contributed by atoms with Crippen molar-refractivity contribution in [2.75, 3.05) is 14.6 Å². The van der Waals surface area contributed by atoms with Crippen molar-refractivity contribution in [3.05, 3.63) is 215 Å². The van der Waals surface area contributed by atoms with Gasteiger partial charge < -0.3 is 19.0 Å². The monoisotopic (exact) mass is 1130 g/mol. The number of furan rings is 1. The summed E-state index contributed by atoms with van der Waals surface area (Å²) in [5, 5.41) is 3.52. The van der Waals surface area contributed by atoms with Crippen LogP contribution in [0.15, 0.2) is 180 Å². The first-order valence-corrected chi connectivity index (χ1v) is 31.6. The summed E-state index contributed by atoms with van der Waals surface area (Å²) in [4.78, 5) is 7.78. The van der Waals surface area contributed by atoms with E-state index in [1.807, 2.05) is 11.3 Å². The van der Waals surface area contributed by atoms with Crippen LogP contribution in [0.5, 0.6) is 0 Å². The molecule has 0 saturated carbocycles. The van der Waals surface area contributed by atoms with E-state index in [0.29, 0.717) is 0 Å². The third-order valence-corrected chi connectivity index (χ3v) is 20.2. The molecule has 14 rings (SSSR count). The molecular weight excluding hydrogens is 1050 g/mol. The molecule has 11 aromatic rings. The highest BCUT2D eigenvalue weighted by molar-refractivity contribution is 7.32. The van der Waals surface area contributed by atoms with E-state index in [0.717, 1.165) is 50.4 Å². The van der Waals surface area contributed by atoms with E-state index in [1.165, 1.54) is 98.6 Å². The number of para-hydroxylation sites is 1. The van der Waals surface area contributed by atoms with Gasteiger partial charge in [-0.3, -0.25) is 0 Å². The fraction of sp³-hybridized carbons (Fsp3) is 0.291. The Morgan fingerprint density at radius 1 is 0.424 bits per heavy atom. The molecular formula is C79H80BN3OS. The molecule has 0 N–H and O–H groups in total. The molecule has 85 heavy (non-hydrogen) atoms. The number of benzene rings is 9. The van der Waals surface area contributed by atoms with Gasteiger partial charge in [0, 0.05) is 70.7 Å². The first-order chi connectivity index (χ1) is 40.1. The van der Waals surface area contributed by atoms with Gasteiger partial charge in [-0.15, -0.1) is 11.3 Å². The summed E-state index contributed by atoms with van der Waals surface area (Å²) >= 11 is 1.96. The molecule has 0 fully saturated rings. The predicted molar refractivity (Wildman–Crippen MR) is 369 cm³/mol. The second kappa shape index (κ2) is 18.6. The zero-order valence-corrected chi connectivity index (χ0v) is 53.8. The van der Waals surface area contributed by atoms with E-state index in [2.05, 4.69) is 308 Å². The fourth-order valence-electron chi connectivity index (χ4n) is 14.0. The van der Waals surface area contributed by atoms with Crippen LogP contribution in [0.25, 0.3) is 54.3 Å². The number of fused-ring (bicyclic) bond motifs is 13. The Morgan fingerprint density at radius 3 is 1.49 bits per heavy atom. The van der Waals surface area contributed by atoms with Crippen LogP contribution in [0.1, 0.15) is 157 Å². The van der Waals surface area contributed by atoms with Gasteiger partial charge in [-0.1, -0.05) is 197 Å². The van der Waals surface area contributed by atoms with E-state index >= 15 is 0 Å². The minimum absolute atomic E-state index is 0.0140. The summed E-state index contributed by atoms with van der Waals surface area (Å²) in [5.41, 5.74) is 26.3. The van der Waals surface area contributed by atoms with Crippen LogP contribution in [0.4, 0.5) is 45.5 Å². The van der Waals surface area contributed by atoms with Gasteiger partial charge >= 0.3 is 6.85 Å². The number of hydrogen-bond acceptors (Lipinski definition) is 5. The van der Waals surface area contributed by atoms with Crippen molar-refractivity contribution in [3.63, 3.8) is 0 Å². The molecule has 4 heterocycles. The highest BCUT2D eigenvalue weighted by Gasteiger charge is 2.50. The van der Waals surface area contributed by atoms with Gasteiger partial charge in [-0.2, -0.15) is 0 Å². The van der Waals surface area contributed by atoms with Gasteiger partial charge in [-0.05, 0) is 185 Å². The summed E-state index contributed by atoms with van der Waals surface area (Å²) in [6, 6.07) is 68.3. The topological polar surface area (TPSA) is 22.9 Å². The molecule has 426 valence electrons. The smallest absolute Gasteiger partial charge is 0.343 e. The number of thiophene rings is 1. The largest absolute Gasteiger partial charge is 0.454 e. The van der Waals surface area contributed by atoms with Crippen molar-refractivity contribution in [1.82, 2.24) is 0 Å². The Morgan fingerprint density at radius 2 is 0.929 bits per heavy atom. The Labute approximate surface area is 509 Å². The maximum atomic E-state index is 7.36. The van der Waals surface area contributed by atoms with E-state index < -0.39 is 0 Å². The molecule has 9 aromatic carbocycles. The summed E-state index contributed by atoms with van der Waals surface area (Å²) in [6.07, 6.45) is 0. The minimum atomic E-state index is -0.307. The predicted octanol–water partition coefficient (Wildman–Crippen LogP) is 21.8. The molecule has 0 amide bonds. The number of nitrogens with zero attached hydrogens (tertiary/aromatic N) is 3. The lowest BCUT2D eigenvalue weighted by molar-refractivity contribution is 0.590. The van der Waals surface area contributed by atoms with E-state index in [-0.39, 0.29) is 39.3 Å². The molecule has 0 radical (unpaired) electrons. The van der Waals surface area contributed by atoms with Crippen LogP contribution in [0, 0.1) is 0 Å². The summed E-state index contributed by atoms with van der Waals surface area (Å²) in [5.74, 6) is 0. The molecule has 0 saturated heterocycles. The zero-order valence-electron chi connectivity index (χ0n) is 53.0. The SMILES string of the molecule is CC(C)(C)c1ccc(N2B3c4sc5ccc(C(C)(C)C)cc5c4N(c4ccc(C(C)(C)C)cc4)c4c3c(cc3c4oc4ccccc43)-c3cc4c(cc32)C(C)(C)c2ccc(N(c3ccc(C(C)(C)C)cc3)c3ccc(C(C)(C)C)cc3)cc2-4)cc1. The third kappa shape index (κ3) is 8.73. The highest BCUT2D eigenvalue weighted by Crippen LogP contribution is 2.58. The first kappa shape index (κ1) is 55.1. The van der Waals surface area contributed by atoms with Gasteiger partial charge in [0.1, 0.15) is 5.58 Å². The number of hydrogen-bond donors (Lipinski definition) is 0. The average Bonchev–Trinajstić information content (AvgIpc) is 1.68. The van der Waals surface area contributed by atoms with E-state index in [4.69, 9.17) is 4.42 Å². The quantitative estimate of drug-likeness (QED) is 0.160. The molecule has 3 aliphatic rings. The molecule has 2 aliphatic heterocycles. The number of rotatable bonds is 5. The normalized spacial score (nSPS) is 14.7. The minimum Gasteiger partial charge on any atom is -0.454 e. The van der Waals surface area contributed by atoms with Gasteiger partial charge in [0.15, 0.2) is 5.58 Å². The molecule has 0 spiro atoms. The molecule has 1 aliphatic carbocycles. The maximum absolute atomic E-state index is 7.36. The van der Waals surface area contributed by atoms with Crippen LogP contribution >= 0.6 is 11.3 Å². The van der Waals surface area contributed by atoms with Crippen LogP contribution in [0.2, 0.25) is 0 Å². The van der Waals surface area contributed by atoms with Crippen LogP contribution in [-0.4, -0.2) is 6.85 Å². The van der Waals surface area contributed by atoms with Crippen molar-refractivity contribution in [2.24, 2.45) is 0 Å². The van der Waals surface area contributed by atoms with Crippen molar-refractivity contribution >= 4 is 106 Å². The van der Waals surface area contributed by atoms with Crippen LogP contribution in [0.3, 0.4) is 0 Å². The lowest BCUT2D eigenvalue weighted by atomic mass is 9.46. The number of anilines is 8. The van der Waals surface area contributed by atoms with Gasteiger partial charge in [0.25, 0.3) is 0 Å². The van der Waals surface area contributed by atoms with Crippen molar-refractivity contribution < 1.29 is 4.42 Å². The third-order valence-electron chi connectivity index (χ3n) is 19.0. The molecule has 0 atom stereocenters. The van der Waals surface area contributed by atoms with Gasteiger partial charge in [0.2, 0.25) is 0 Å². The molecule has 0 unspecified atom stereocenters. The fourth-order valence-corrected chi connectivity index (χ4v) is 15.2.